The van der Waals surface area contributed by atoms with Crippen LogP contribution in [0.15, 0.2) is 48.8 Å². The van der Waals surface area contributed by atoms with Gasteiger partial charge in [-0.05, 0) is 73.9 Å². The molecule has 0 saturated heterocycles. The van der Waals surface area contributed by atoms with E-state index in [0.717, 1.165) is 57.2 Å². The van der Waals surface area contributed by atoms with Crippen LogP contribution in [0.5, 0.6) is 0 Å². The molecule has 2 aromatic heterocycles. The van der Waals surface area contributed by atoms with Crippen molar-refractivity contribution >= 4 is 5.91 Å². The Balaban J connectivity index is 1.23. The first kappa shape index (κ1) is 20.9. The van der Waals surface area contributed by atoms with Gasteiger partial charge in [0.05, 0.1) is 0 Å². The monoisotopic (exact) mass is 429 g/mol. The molecule has 2 aliphatic rings. The summed E-state index contributed by atoms with van der Waals surface area (Å²) in [5.74, 6) is 0.0784. The smallest absolute Gasteiger partial charge is 0.274 e. The first-order valence-electron chi connectivity index (χ1n) is 11.7. The maximum atomic E-state index is 13.4. The van der Waals surface area contributed by atoms with Crippen molar-refractivity contribution in [2.24, 2.45) is 7.05 Å². The van der Waals surface area contributed by atoms with Gasteiger partial charge < -0.3 is 10.2 Å². The predicted molar refractivity (Wildman–Crippen MR) is 124 cm³/mol. The van der Waals surface area contributed by atoms with Crippen LogP contribution in [0.4, 0.5) is 0 Å². The second kappa shape index (κ2) is 9.25. The molecule has 0 saturated carbocycles. The molecule has 1 aromatic carbocycles. The molecule has 1 N–H and O–H groups in total. The number of nitrogens with zero attached hydrogens (tertiary/aromatic N) is 4. The first-order valence-corrected chi connectivity index (χ1v) is 11.7. The second-order valence-electron chi connectivity index (χ2n) is 9.00. The maximum absolute atomic E-state index is 13.4. The first-order chi connectivity index (χ1) is 15.7. The molecule has 0 fully saturated rings. The zero-order valence-corrected chi connectivity index (χ0v) is 18.8. The molecular weight excluding hydrogens is 398 g/mol. The minimum atomic E-state index is 0.0784. The Hall–Kier alpha value is -2.99. The lowest BCUT2D eigenvalue weighted by Gasteiger charge is -2.29. The summed E-state index contributed by atoms with van der Waals surface area (Å²) in [6.07, 6.45) is 9.71. The van der Waals surface area contributed by atoms with Gasteiger partial charge in [-0.2, -0.15) is 5.10 Å². The van der Waals surface area contributed by atoms with E-state index in [1.807, 2.05) is 29.0 Å². The molecule has 3 heterocycles. The van der Waals surface area contributed by atoms with Gasteiger partial charge in [-0.3, -0.25) is 14.5 Å². The number of amides is 1. The number of fused-ring (bicyclic) bond motifs is 2. The third kappa shape index (κ3) is 4.32. The van der Waals surface area contributed by atoms with Gasteiger partial charge in [0.15, 0.2) is 5.69 Å². The third-order valence-electron chi connectivity index (χ3n) is 6.90. The summed E-state index contributed by atoms with van der Waals surface area (Å²) in [7, 11) is 1.98. The van der Waals surface area contributed by atoms with Gasteiger partial charge in [-0.15, -0.1) is 0 Å². The summed E-state index contributed by atoms with van der Waals surface area (Å²) in [5, 5.41) is 8.41. The van der Waals surface area contributed by atoms with E-state index < -0.39 is 0 Å². The number of aromatic nitrogens is 3. The van der Waals surface area contributed by atoms with Gasteiger partial charge in [0, 0.05) is 49.8 Å². The lowest BCUT2D eigenvalue weighted by atomic mass is 9.90. The van der Waals surface area contributed by atoms with Crippen LogP contribution in [-0.2, 0) is 39.3 Å². The second-order valence-corrected chi connectivity index (χ2v) is 9.00. The van der Waals surface area contributed by atoms with Gasteiger partial charge >= 0.3 is 0 Å². The highest BCUT2D eigenvalue weighted by Gasteiger charge is 2.31. The molecule has 166 valence electrons. The lowest BCUT2D eigenvalue weighted by molar-refractivity contribution is 0.0726. The van der Waals surface area contributed by atoms with Crippen LogP contribution in [0.1, 0.15) is 51.3 Å². The largest absolute Gasteiger partial charge is 0.333 e. The number of aryl methyl sites for hydroxylation is 2. The highest BCUT2D eigenvalue weighted by atomic mass is 16.2. The molecule has 1 atom stereocenters. The van der Waals surface area contributed by atoms with Gasteiger partial charge in [0.2, 0.25) is 0 Å². The Labute approximate surface area is 189 Å². The van der Waals surface area contributed by atoms with Gasteiger partial charge in [0.25, 0.3) is 5.91 Å². The lowest BCUT2D eigenvalue weighted by Crippen LogP contribution is -2.38. The number of rotatable bonds is 6. The Bertz CT molecular complexity index is 1090. The van der Waals surface area contributed by atoms with E-state index >= 15 is 0 Å². The fourth-order valence-corrected chi connectivity index (χ4v) is 5.10. The highest BCUT2D eigenvalue weighted by Crippen LogP contribution is 2.27. The summed E-state index contributed by atoms with van der Waals surface area (Å²) in [6, 6.07) is 13.0. The Morgan fingerprint density at radius 2 is 1.94 bits per heavy atom. The number of nitrogens with one attached hydrogen (secondary N) is 1. The van der Waals surface area contributed by atoms with Crippen molar-refractivity contribution < 1.29 is 4.79 Å². The van der Waals surface area contributed by atoms with E-state index in [-0.39, 0.29) is 5.91 Å². The predicted octanol–water partition coefficient (Wildman–Crippen LogP) is 3.09. The van der Waals surface area contributed by atoms with Gasteiger partial charge in [-0.1, -0.05) is 24.3 Å². The number of hydrogen-bond donors (Lipinski definition) is 1. The zero-order valence-electron chi connectivity index (χ0n) is 18.8. The van der Waals surface area contributed by atoms with E-state index in [0.29, 0.717) is 18.3 Å². The molecule has 32 heavy (non-hydrogen) atoms. The van der Waals surface area contributed by atoms with Crippen LogP contribution < -0.4 is 5.32 Å². The summed E-state index contributed by atoms with van der Waals surface area (Å²) < 4.78 is 1.93. The van der Waals surface area contributed by atoms with Crippen molar-refractivity contribution in [2.75, 3.05) is 13.1 Å². The van der Waals surface area contributed by atoms with Gasteiger partial charge in [0.1, 0.15) is 0 Å². The number of hydrogen-bond acceptors (Lipinski definition) is 4. The van der Waals surface area contributed by atoms with Crippen LogP contribution in [0.2, 0.25) is 0 Å². The fraction of sp³-hybridized carbons (Fsp3) is 0.423. The molecule has 3 aromatic rings. The van der Waals surface area contributed by atoms with Crippen molar-refractivity contribution in [3.8, 4) is 0 Å². The molecule has 0 radical (unpaired) electrons. The molecule has 1 amide bonds. The van der Waals surface area contributed by atoms with Crippen LogP contribution >= 0.6 is 0 Å². The number of benzene rings is 1. The fourth-order valence-electron chi connectivity index (χ4n) is 5.10. The van der Waals surface area contributed by atoms with Crippen LogP contribution in [0.25, 0.3) is 0 Å². The average Bonchev–Trinajstić information content (AvgIpc) is 3.17. The van der Waals surface area contributed by atoms with Crippen LogP contribution in [0, 0.1) is 0 Å². The molecule has 0 bridgehead atoms. The average molecular weight is 430 g/mol. The van der Waals surface area contributed by atoms with Crippen molar-refractivity contribution in [1.29, 1.82) is 0 Å². The van der Waals surface area contributed by atoms with Crippen LogP contribution in [-0.4, -0.2) is 44.7 Å². The Kier molecular flexibility index (Phi) is 6.04. The number of pyridine rings is 1. The quantitative estimate of drug-likeness (QED) is 0.612. The van der Waals surface area contributed by atoms with Crippen molar-refractivity contribution in [3.63, 3.8) is 0 Å². The molecule has 1 unspecified atom stereocenters. The normalized spacial score (nSPS) is 17.7. The Morgan fingerprint density at radius 3 is 2.78 bits per heavy atom. The van der Waals surface area contributed by atoms with Crippen LogP contribution in [0.3, 0.4) is 0 Å². The molecule has 6 nitrogen and oxygen atoms in total. The summed E-state index contributed by atoms with van der Waals surface area (Å²) in [6.45, 7) is 2.42. The minimum Gasteiger partial charge on any atom is -0.333 e. The summed E-state index contributed by atoms with van der Waals surface area (Å²) >= 11 is 0. The number of carbonyl (C=O) groups excluding carboxylic acids is 1. The SMILES string of the molecule is Cn1nc(C(=O)N2CCc3ccccc3C2)c2c1CCC(NCCCc1ccncc1)C2. The van der Waals surface area contributed by atoms with E-state index in [9.17, 15) is 4.79 Å². The van der Waals surface area contributed by atoms with Crippen molar-refractivity contribution in [1.82, 2.24) is 25.0 Å². The van der Waals surface area contributed by atoms with Gasteiger partial charge in [-0.25, -0.2) is 0 Å². The minimum absolute atomic E-state index is 0.0784. The van der Waals surface area contributed by atoms with E-state index in [1.165, 1.54) is 22.4 Å². The standard InChI is InChI=1S/C26H31N5O/c1-30-24-9-8-22(28-13-4-5-19-10-14-27-15-11-19)17-23(24)25(29-30)26(32)31-16-12-20-6-2-3-7-21(20)18-31/h2-3,6-7,10-11,14-15,22,28H,4-5,8-9,12-13,16-18H2,1H3. The topological polar surface area (TPSA) is 63.1 Å². The van der Waals surface area contributed by atoms with Crippen molar-refractivity contribution in [2.45, 2.75) is 51.1 Å². The third-order valence-corrected chi connectivity index (χ3v) is 6.90. The molecule has 6 heteroatoms. The summed E-state index contributed by atoms with van der Waals surface area (Å²) in [5.41, 5.74) is 6.97. The maximum Gasteiger partial charge on any atom is 0.274 e. The molecule has 0 spiro atoms. The molecular formula is C26H31N5O. The number of carbonyl (C=O) groups is 1. The van der Waals surface area contributed by atoms with E-state index in [2.05, 4.69) is 51.8 Å². The molecule has 1 aliphatic heterocycles. The molecule has 5 rings (SSSR count). The molecule has 1 aliphatic carbocycles. The summed E-state index contributed by atoms with van der Waals surface area (Å²) in [4.78, 5) is 19.5. The Morgan fingerprint density at radius 1 is 1.12 bits per heavy atom. The van der Waals surface area contributed by atoms with Crippen molar-refractivity contribution in [3.05, 3.63) is 82.4 Å². The highest BCUT2D eigenvalue weighted by molar-refractivity contribution is 5.94. The van der Waals surface area contributed by atoms with E-state index in [4.69, 9.17) is 0 Å². The van der Waals surface area contributed by atoms with E-state index in [1.54, 1.807) is 0 Å². The zero-order chi connectivity index (χ0) is 21.9.